The van der Waals surface area contributed by atoms with E-state index in [1.165, 1.54) is 39.9 Å². The molecule has 1 amide bonds. The van der Waals surface area contributed by atoms with Gasteiger partial charge in [-0.25, -0.2) is 8.42 Å². The molecular weight excluding hydrogens is 474 g/mol. The summed E-state index contributed by atoms with van der Waals surface area (Å²) in [5, 5.41) is 0. The maximum Gasteiger partial charge on any atom is 0.326 e. The van der Waals surface area contributed by atoms with Gasteiger partial charge in [0.25, 0.3) is 5.91 Å². The molecule has 0 fully saturated rings. The van der Waals surface area contributed by atoms with Crippen LogP contribution in [0, 0.1) is 0 Å². The average Bonchev–Trinajstić information content (AvgIpc) is 3.16. The summed E-state index contributed by atoms with van der Waals surface area (Å²) >= 11 is 1.29. The third-order valence-corrected chi connectivity index (χ3v) is 8.28. The zero-order valence-electron chi connectivity index (χ0n) is 19.6. The highest BCUT2D eigenvalue weighted by molar-refractivity contribution is 7.89. The number of fused-ring (bicyclic) bond motifs is 1. The maximum atomic E-state index is 12.9. The fourth-order valence-electron chi connectivity index (χ4n) is 3.45. The number of rotatable bonds is 10. The summed E-state index contributed by atoms with van der Waals surface area (Å²) in [5.41, 5.74) is 1.04. The second-order valence-corrected chi connectivity index (χ2v) is 10.5. The molecule has 0 atom stereocenters. The normalized spacial score (nSPS) is 12.4. The number of thiazole rings is 1. The number of para-hydroxylation sites is 1. The van der Waals surface area contributed by atoms with E-state index in [9.17, 15) is 18.0 Å². The molecule has 2 aromatic carbocycles. The Labute approximate surface area is 203 Å². The quantitative estimate of drug-likeness (QED) is 0.392. The van der Waals surface area contributed by atoms with Gasteiger partial charge in [0.2, 0.25) is 10.0 Å². The van der Waals surface area contributed by atoms with Crippen LogP contribution in [0.1, 0.15) is 44.0 Å². The van der Waals surface area contributed by atoms with Gasteiger partial charge in [-0.05, 0) is 49.7 Å². The molecule has 10 heteroatoms. The average molecular weight is 504 g/mol. The van der Waals surface area contributed by atoms with E-state index in [1.807, 2.05) is 31.2 Å². The Balaban J connectivity index is 1.92. The SMILES string of the molecule is CCCCN(CC)S(=O)(=O)c1ccc(C(=O)N=c2sc3ccccc3n2CC(=O)OCC)cc1. The number of carbonyl (C=O) groups is 2. The number of unbranched alkanes of at least 4 members (excludes halogenated alkanes) is 1. The molecular formula is C24H29N3O5S2. The second kappa shape index (κ2) is 11.5. The first-order valence-corrected chi connectivity index (χ1v) is 13.5. The van der Waals surface area contributed by atoms with Gasteiger partial charge >= 0.3 is 5.97 Å². The lowest BCUT2D eigenvalue weighted by Gasteiger charge is -2.20. The van der Waals surface area contributed by atoms with E-state index in [0.717, 1.165) is 23.1 Å². The smallest absolute Gasteiger partial charge is 0.326 e. The molecule has 8 nitrogen and oxygen atoms in total. The van der Waals surface area contributed by atoms with Crippen LogP contribution in [0.5, 0.6) is 0 Å². The maximum absolute atomic E-state index is 12.9. The van der Waals surface area contributed by atoms with Crippen molar-refractivity contribution in [3.63, 3.8) is 0 Å². The molecule has 0 aliphatic carbocycles. The van der Waals surface area contributed by atoms with Gasteiger partial charge in [0, 0.05) is 18.7 Å². The summed E-state index contributed by atoms with van der Waals surface area (Å²) in [4.78, 5) is 29.8. The van der Waals surface area contributed by atoms with Crippen LogP contribution in [-0.4, -0.2) is 48.9 Å². The Morgan fingerprint density at radius 3 is 2.41 bits per heavy atom. The Hall–Kier alpha value is -2.82. The highest BCUT2D eigenvalue weighted by Crippen LogP contribution is 2.19. The third kappa shape index (κ3) is 5.81. The van der Waals surface area contributed by atoms with Crippen LogP contribution in [0.4, 0.5) is 0 Å². The Kier molecular flexibility index (Phi) is 8.76. The monoisotopic (exact) mass is 503 g/mol. The van der Waals surface area contributed by atoms with E-state index in [4.69, 9.17) is 4.74 Å². The first-order chi connectivity index (χ1) is 16.3. The molecule has 1 heterocycles. The van der Waals surface area contributed by atoms with Crippen molar-refractivity contribution in [2.24, 2.45) is 4.99 Å². The molecule has 0 N–H and O–H groups in total. The molecule has 0 saturated heterocycles. The first-order valence-electron chi connectivity index (χ1n) is 11.2. The highest BCUT2D eigenvalue weighted by atomic mass is 32.2. The predicted molar refractivity (Wildman–Crippen MR) is 132 cm³/mol. The fraction of sp³-hybridized carbons (Fsp3) is 0.375. The van der Waals surface area contributed by atoms with E-state index < -0.39 is 21.9 Å². The number of sulfonamides is 1. The fourth-order valence-corrected chi connectivity index (χ4v) is 5.96. The minimum atomic E-state index is -3.63. The molecule has 0 aliphatic rings. The van der Waals surface area contributed by atoms with Crippen molar-refractivity contribution < 1.29 is 22.7 Å². The first kappa shape index (κ1) is 25.8. The van der Waals surface area contributed by atoms with Crippen LogP contribution in [-0.2, 0) is 26.1 Å². The minimum Gasteiger partial charge on any atom is -0.465 e. The highest BCUT2D eigenvalue weighted by Gasteiger charge is 2.22. The number of benzene rings is 2. The van der Waals surface area contributed by atoms with Gasteiger partial charge in [0.05, 0.1) is 21.7 Å². The number of nitrogens with zero attached hydrogens (tertiary/aromatic N) is 3. The van der Waals surface area contributed by atoms with Crippen molar-refractivity contribution in [3.8, 4) is 0 Å². The number of hydrogen-bond donors (Lipinski definition) is 0. The molecule has 0 saturated carbocycles. The van der Waals surface area contributed by atoms with Crippen LogP contribution in [0.25, 0.3) is 10.2 Å². The van der Waals surface area contributed by atoms with Gasteiger partial charge in [-0.2, -0.15) is 9.30 Å². The van der Waals surface area contributed by atoms with Gasteiger partial charge in [0.15, 0.2) is 4.80 Å². The van der Waals surface area contributed by atoms with Crippen LogP contribution in [0.2, 0.25) is 0 Å². The molecule has 1 aromatic heterocycles. The van der Waals surface area contributed by atoms with Crippen LogP contribution < -0.4 is 4.80 Å². The van der Waals surface area contributed by atoms with Crippen LogP contribution in [0.15, 0.2) is 58.4 Å². The molecule has 3 aromatic rings. The van der Waals surface area contributed by atoms with Gasteiger partial charge in [-0.15, -0.1) is 0 Å². The second-order valence-electron chi connectivity index (χ2n) is 7.54. The number of esters is 1. The van der Waals surface area contributed by atoms with E-state index in [0.29, 0.717) is 17.9 Å². The van der Waals surface area contributed by atoms with Crippen molar-refractivity contribution in [3.05, 3.63) is 58.9 Å². The number of carbonyl (C=O) groups excluding carboxylic acids is 2. The van der Waals surface area contributed by atoms with Crippen molar-refractivity contribution >= 4 is 43.5 Å². The zero-order chi connectivity index (χ0) is 24.7. The number of aromatic nitrogens is 1. The molecule has 0 spiro atoms. The summed E-state index contributed by atoms with van der Waals surface area (Å²) in [6.45, 7) is 6.58. The molecule has 34 heavy (non-hydrogen) atoms. The third-order valence-electron chi connectivity index (χ3n) is 5.23. The predicted octanol–water partition coefficient (Wildman–Crippen LogP) is 3.82. The van der Waals surface area contributed by atoms with Gasteiger partial charge in [-0.3, -0.25) is 9.59 Å². The van der Waals surface area contributed by atoms with Crippen molar-refractivity contribution in [1.82, 2.24) is 8.87 Å². The molecule has 0 bridgehead atoms. The van der Waals surface area contributed by atoms with Gasteiger partial charge in [0.1, 0.15) is 6.54 Å². The Bertz CT molecular complexity index is 1320. The van der Waals surface area contributed by atoms with Crippen molar-refractivity contribution in [2.45, 2.75) is 45.1 Å². The van der Waals surface area contributed by atoms with Crippen molar-refractivity contribution in [2.75, 3.05) is 19.7 Å². The molecule has 0 unspecified atom stereocenters. The van der Waals surface area contributed by atoms with Gasteiger partial charge < -0.3 is 9.30 Å². The standard InChI is InChI=1S/C24H29N3O5S2/c1-4-7-16-26(5-2)34(30,31)19-14-12-18(13-15-19)23(29)25-24-27(17-22(28)32-6-3)20-10-8-9-11-21(20)33-24/h8-15H,4-7,16-17H2,1-3H3. The lowest BCUT2D eigenvalue weighted by Crippen LogP contribution is -2.31. The van der Waals surface area contributed by atoms with Crippen LogP contribution >= 0.6 is 11.3 Å². The molecule has 3 rings (SSSR count). The van der Waals surface area contributed by atoms with Crippen LogP contribution in [0.3, 0.4) is 0 Å². The lowest BCUT2D eigenvalue weighted by molar-refractivity contribution is -0.143. The lowest BCUT2D eigenvalue weighted by atomic mass is 10.2. The zero-order valence-corrected chi connectivity index (χ0v) is 21.2. The van der Waals surface area contributed by atoms with Crippen molar-refractivity contribution in [1.29, 1.82) is 0 Å². The Morgan fingerprint density at radius 1 is 1.06 bits per heavy atom. The van der Waals surface area contributed by atoms with E-state index in [2.05, 4.69) is 4.99 Å². The van der Waals surface area contributed by atoms with E-state index >= 15 is 0 Å². The Morgan fingerprint density at radius 2 is 1.76 bits per heavy atom. The number of hydrogen-bond acceptors (Lipinski definition) is 6. The summed E-state index contributed by atoms with van der Waals surface area (Å²) in [6, 6.07) is 13.3. The van der Waals surface area contributed by atoms with E-state index in [1.54, 1.807) is 18.4 Å². The molecule has 0 aliphatic heterocycles. The number of ether oxygens (including phenoxy) is 1. The van der Waals surface area contributed by atoms with E-state index in [-0.39, 0.29) is 23.6 Å². The minimum absolute atomic E-state index is 0.0637. The molecule has 0 radical (unpaired) electrons. The number of amides is 1. The van der Waals surface area contributed by atoms with Gasteiger partial charge in [-0.1, -0.05) is 43.7 Å². The largest absolute Gasteiger partial charge is 0.465 e. The summed E-state index contributed by atoms with van der Waals surface area (Å²) < 4.78 is 34.9. The summed E-state index contributed by atoms with van der Waals surface area (Å²) in [5.74, 6) is -0.940. The topological polar surface area (TPSA) is 98.0 Å². The molecule has 182 valence electrons. The summed E-state index contributed by atoms with van der Waals surface area (Å²) in [6.07, 6.45) is 1.68. The summed E-state index contributed by atoms with van der Waals surface area (Å²) in [7, 11) is -3.63.